The van der Waals surface area contributed by atoms with Crippen molar-refractivity contribution in [2.45, 2.75) is 20.0 Å². The molecule has 0 fully saturated rings. The van der Waals surface area contributed by atoms with Crippen LogP contribution in [0.2, 0.25) is 5.02 Å². The van der Waals surface area contributed by atoms with Gasteiger partial charge in [-0.15, -0.1) is 0 Å². The Morgan fingerprint density at radius 2 is 2.23 bits per heavy atom. The molecular formula is C10H10ClFO. The van der Waals surface area contributed by atoms with Crippen molar-refractivity contribution in [3.63, 3.8) is 0 Å². The van der Waals surface area contributed by atoms with Crippen LogP contribution in [0.1, 0.15) is 29.3 Å². The van der Waals surface area contributed by atoms with Crippen molar-refractivity contribution >= 4 is 17.4 Å². The summed E-state index contributed by atoms with van der Waals surface area (Å²) in [6, 6.07) is 4.82. The minimum absolute atomic E-state index is 0.113. The van der Waals surface area contributed by atoms with Crippen LogP contribution in [0.4, 0.5) is 4.39 Å². The Labute approximate surface area is 81.5 Å². The zero-order valence-corrected chi connectivity index (χ0v) is 8.07. The number of benzene rings is 1. The van der Waals surface area contributed by atoms with E-state index in [0.717, 1.165) is 0 Å². The zero-order valence-electron chi connectivity index (χ0n) is 7.31. The van der Waals surface area contributed by atoms with Crippen LogP contribution in [-0.4, -0.2) is 5.78 Å². The number of carbonyl (C=O) groups is 1. The smallest absolute Gasteiger partial charge is 0.164 e. The molecule has 1 rings (SSSR count). The highest BCUT2D eigenvalue weighted by atomic mass is 35.5. The van der Waals surface area contributed by atoms with Crippen molar-refractivity contribution in [2.24, 2.45) is 0 Å². The highest BCUT2D eigenvalue weighted by molar-refractivity contribution is 6.34. The second kappa shape index (κ2) is 4.38. The summed E-state index contributed by atoms with van der Waals surface area (Å²) in [5.41, 5.74) is 0.702. The molecule has 0 aliphatic rings. The first kappa shape index (κ1) is 10.2. The van der Waals surface area contributed by atoms with Crippen LogP contribution in [0, 0.1) is 0 Å². The summed E-state index contributed by atoms with van der Waals surface area (Å²) in [6.07, 6.45) is 0.344. The third kappa shape index (κ3) is 2.07. The molecule has 0 unspecified atom stereocenters. The molecule has 0 heterocycles. The van der Waals surface area contributed by atoms with Crippen molar-refractivity contribution in [3.8, 4) is 0 Å². The Hall–Kier alpha value is -0.890. The van der Waals surface area contributed by atoms with Crippen molar-refractivity contribution in [1.29, 1.82) is 0 Å². The predicted octanol–water partition coefficient (Wildman–Crippen LogP) is 3.40. The summed E-state index contributed by atoms with van der Waals surface area (Å²) in [5, 5.41) is 0.335. The van der Waals surface area contributed by atoms with Crippen molar-refractivity contribution in [1.82, 2.24) is 0 Å². The normalized spacial score (nSPS) is 10.1. The quantitative estimate of drug-likeness (QED) is 0.684. The van der Waals surface area contributed by atoms with Gasteiger partial charge >= 0.3 is 0 Å². The molecule has 1 aromatic carbocycles. The van der Waals surface area contributed by atoms with Crippen molar-refractivity contribution < 1.29 is 9.18 Å². The number of hydrogen-bond acceptors (Lipinski definition) is 1. The molecule has 0 bridgehead atoms. The molecule has 0 spiro atoms. The predicted molar refractivity (Wildman–Crippen MR) is 50.9 cm³/mol. The number of alkyl halides is 1. The topological polar surface area (TPSA) is 17.1 Å². The Bertz CT molecular complexity index is 323. The van der Waals surface area contributed by atoms with Gasteiger partial charge in [0.2, 0.25) is 0 Å². The maximum absolute atomic E-state index is 12.5. The van der Waals surface area contributed by atoms with E-state index in [1.54, 1.807) is 25.1 Å². The average Bonchev–Trinajstić information content (AvgIpc) is 2.16. The van der Waals surface area contributed by atoms with E-state index in [1.165, 1.54) is 0 Å². The van der Waals surface area contributed by atoms with E-state index in [1.807, 2.05) is 0 Å². The van der Waals surface area contributed by atoms with E-state index in [9.17, 15) is 9.18 Å². The van der Waals surface area contributed by atoms with Crippen molar-refractivity contribution in [2.75, 3.05) is 0 Å². The molecule has 1 aromatic rings. The molecule has 70 valence electrons. The molecule has 0 saturated heterocycles. The molecule has 1 nitrogen and oxygen atoms in total. The SMILES string of the molecule is CCC(=O)c1c(Cl)cccc1CF. The summed E-state index contributed by atoms with van der Waals surface area (Å²) in [7, 11) is 0. The summed E-state index contributed by atoms with van der Waals surface area (Å²) < 4.78 is 12.5. The molecule has 3 heteroatoms. The van der Waals surface area contributed by atoms with E-state index in [0.29, 0.717) is 22.6 Å². The first-order chi connectivity index (χ1) is 6.20. The molecule has 0 atom stereocenters. The van der Waals surface area contributed by atoms with Gasteiger partial charge in [0.15, 0.2) is 5.78 Å². The zero-order chi connectivity index (χ0) is 9.84. The minimum Gasteiger partial charge on any atom is -0.294 e. The van der Waals surface area contributed by atoms with Gasteiger partial charge in [-0.2, -0.15) is 0 Å². The number of halogens is 2. The molecule has 0 saturated carbocycles. The van der Waals surface area contributed by atoms with Crippen molar-refractivity contribution in [3.05, 3.63) is 34.3 Å². The standard InChI is InChI=1S/C10H10ClFO/c1-2-9(13)10-7(6-12)4-3-5-8(10)11/h3-5H,2,6H2,1H3. The van der Waals surface area contributed by atoms with E-state index in [-0.39, 0.29) is 5.78 Å². The first-order valence-corrected chi connectivity index (χ1v) is 4.45. The van der Waals surface area contributed by atoms with Crippen LogP contribution in [0.15, 0.2) is 18.2 Å². The Kier molecular flexibility index (Phi) is 3.43. The van der Waals surface area contributed by atoms with Gasteiger partial charge in [-0.1, -0.05) is 30.7 Å². The lowest BCUT2D eigenvalue weighted by Crippen LogP contribution is -2.02. The first-order valence-electron chi connectivity index (χ1n) is 4.07. The van der Waals surface area contributed by atoms with Gasteiger partial charge in [0.25, 0.3) is 0 Å². The monoisotopic (exact) mass is 200 g/mol. The molecule has 0 aromatic heterocycles. The Morgan fingerprint density at radius 3 is 2.77 bits per heavy atom. The molecule has 0 radical (unpaired) electrons. The van der Waals surface area contributed by atoms with Crippen LogP contribution < -0.4 is 0 Å². The third-order valence-corrected chi connectivity index (χ3v) is 2.16. The van der Waals surface area contributed by atoms with Gasteiger partial charge < -0.3 is 0 Å². The van der Waals surface area contributed by atoms with Crippen LogP contribution in [-0.2, 0) is 6.67 Å². The molecule has 0 amide bonds. The van der Waals surface area contributed by atoms with Crippen LogP contribution >= 0.6 is 11.6 Å². The Morgan fingerprint density at radius 1 is 1.54 bits per heavy atom. The lowest BCUT2D eigenvalue weighted by molar-refractivity contribution is 0.0986. The summed E-state index contributed by atoms with van der Waals surface area (Å²) in [4.78, 5) is 11.4. The highest BCUT2D eigenvalue weighted by Crippen LogP contribution is 2.22. The largest absolute Gasteiger partial charge is 0.294 e. The van der Waals surface area contributed by atoms with E-state index < -0.39 is 6.67 Å². The van der Waals surface area contributed by atoms with Gasteiger partial charge in [0, 0.05) is 12.0 Å². The fourth-order valence-corrected chi connectivity index (χ4v) is 1.47. The summed E-state index contributed by atoms with van der Waals surface area (Å²) in [6.45, 7) is 1.08. The molecular weight excluding hydrogens is 191 g/mol. The minimum atomic E-state index is -0.651. The van der Waals surface area contributed by atoms with E-state index >= 15 is 0 Å². The van der Waals surface area contributed by atoms with Gasteiger partial charge in [0.05, 0.1) is 5.02 Å². The van der Waals surface area contributed by atoms with Crippen LogP contribution in [0.25, 0.3) is 0 Å². The molecule has 0 N–H and O–H groups in total. The number of rotatable bonds is 3. The third-order valence-electron chi connectivity index (χ3n) is 1.84. The number of ketones is 1. The van der Waals surface area contributed by atoms with Gasteiger partial charge in [-0.25, -0.2) is 4.39 Å². The molecule has 0 aliphatic heterocycles. The van der Waals surface area contributed by atoms with Gasteiger partial charge in [0.1, 0.15) is 6.67 Å². The second-order valence-electron chi connectivity index (χ2n) is 2.68. The van der Waals surface area contributed by atoms with E-state index in [4.69, 9.17) is 11.6 Å². The fourth-order valence-electron chi connectivity index (χ4n) is 1.17. The summed E-state index contributed by atoms with van der Waals surface area (Å²) in [5.74, 6) is -0.113. The maximum Gasteiger partial charge on any atom is 0.164 e. The van der Waals surface area contributed by atoms with Gasteiger partial charge in [-0.05, 0) is 11.6 Å². The Balaban J connectivity index is 3.22. The number of carbonyl (C=O) groups excluding carboxylic acids is 1. The highest BCUT2D eigenvalue weighted by Gasteiger charge is 2.12. The molecule has 0 aliphatic carbocycles. The number of hydrogen-bond donors (Lipinski definition) is 0. The lowest BCUT2D eigenvalue weighted by Gasteiger charge is -2.05. The number of Topliss-reactive ketones (excluding diaryl/α,β-unsaturated/α-hetero) is 1. The fraction of sp³-hybridized carbons (Fsp3) is 0.300. The summed E-state index contributed by atoms with van der Waals surface area (Å²) >= 11 is 5.79. The average molecular weight is 201 g/mol. The van der Waals surface area contributed by atoms with Gasteiger partial charge in [-0.3, -0.25) is 4.79 Å². The lowest BCUT2D eigenvalue weighted by atomic mass is 10.0. The molecule has 13 heavy (non-hydrogen) atoms. The van der Waals surface area contributed by atoms with Crippen LogP contribution in [0.3, 0.4) is 0 Å². The van der Waals surface area contributed by atoms with E-state index in [2.05, 4.69) is 0 Å². The van der Waals surface area contributed by atoms with Crippen LogP contribution in [0.5, 0.6) is 0 Å². The maximum atomic E-state index is 12.5. The second-order valence-corrected chi connectivity index (χ2v) is 3.09.